The van der Waals surface area contributed by atoms with E-state index in [1.807, 2.05) is 19.0 Å². The Morgan fingerprint density at radius 3 is 2.78 bits per heavy atom. The molecule has 0 aromatic heterocycles. The second-order valence-electron chi connectivity index (χ2n) is 5.92. The quantitative estimate of drug-likeness (QED) is 0.840. The lowest BCUT2D eigenvalue weighted by Gasteiger charge is -2.32. The molecule has 1 aliphatic rings. The van der Waals surface area contributed by atoms with Gasteiger partial charge >= 0.3 is 6.18 Å². The molecule has 1 aliphatic heterocycles. The Morgan fingerprint density at radius 2 is 2.13 bits per heavy atom. The number of hydrogen-bond donors (Lipinski definition) is 0. The van der Waals surface area contributed by atoms with Crippen molar-refractivity contribution in [3.8, 4) is 0 Å². The maximum absolute atomic E-state index is 12.9. The molecule has 7 heteroatoms. The summed E-state index contributed by atoms with van der Waals surface area (Å²) in [4.78, 5) is 16.5. The summed E-state index contributed by atoms with van der Waals surface area (Å²) < 4.78 is 38.6. The first-order valence-corrected chi connectivity index (χ1v) is 8.65. The minimum Gasteiger partial charge on any atom is -0.334 e. The van der Waals surface area contributed by atoms with Gasteiger partial charge in [0.05, 0.1) is 11.6 Å². The number of likely N-dealkylation sites (N-methyl/N-ethyl adjacent to an activating group) is 1. The van der Waals surface area contributed by atoms with Crippen LogP contribution < -0.4 is 0 Å². The first-order valence-electron chi connectivity index (χ1n) is 7.49. The molecule has 23 heavy (non-hydrogen) atoms. The van der Waals surface area contributed by atoms with Gasteiger partial charge in [-0.3, -0.25) is 4.79 Å². The number of carbonyl (C=O) groups is 1. The van der Waals surface area contributed by atoms with E-state index in [1.165, 1.54) is 12.1 Å². The van der Waals surface area contributed by atoms with Gasteiger partial charge in [0.25, 0.3) is 5.91 Å². The van der Waals surface area contributed by atoms with E-state index < -0.39 is 11.7 Å². The molecule has 0 bridgehead atoms. The van der Waals surface area contributed by atoms with Crippen LogP contribution in [0.15, 0.2) is 24.3 Å². The zero-order valence-electron chi connectivity index (χ0n) is 13.3. The molecular weight excluding hydrogens is 325 g/mol. The Bertz CT molecular complexity index is 548. The molecule has 3 nitrogen and oxygen atoms in total. The highest BCUT2D eigenvalue weighted by Crippen LogP contribution is 2.30. The van der Waals surface area contributed by atoms with Crippen LogP contribution in [-0.4, -0.2) is 60.4 Å². The Balaban J connectivity index is 2.25. The summed E-state index contributed by atoms with van der Waals surface area (Å²) in [5, 5.41) is 0. The van der Waals surface area contributed by atoms with Crippen LogP contribution in [0, 0.1) is 0 Å². The Hall–Kier alpha value is -1.21. The van der Waals surface area contributed by atoms with Gasteiger partial charge in [-0.25, -0.2) is 0 Å². The predicted molar refractivity (Wildman–Crippen MR) is 86.8 cm³/mol. The summed E-state index contributed by atoms with van der Waals surface area (Å²) in [6.45, 7) is 1.29. The first-order chi connectivity index (χ1) is 10.8. The zero-order chi connectivity index (χ0) is 17.0. The van der Waals surface area contributed by atoms with Crippen molar-refractivity contribution in [3.63, 3.8) is 0 Å². The number of hydrogen-bond acceptors (Lipinski definition) is 3. The topological polar surface area (TPSA) is 23.6 Å². The lowest BCUT2D eigenvalue weighted by atomic mass is 10.1. The van der Waals surface area contributed by atoms with Crippen molar-refractivity contribution < 1.29 is 18.0 Å². The summed E-state index contributed by atoms with van der Waals surface area (Å²) in [6, 6.07) is 4.71. The van der Waals surface area contributed by atoms with Gasteiger partial charge in [-0.15, -0.1) is 0 Å². The summed E-state index contributed by atoms with van der Waals surface area (Å²) in [5.74, 6) is 1.46. The highest BCUT2D eigenvalue weighted by Gasteiger charge is 2.32. The fraction of sp³-hybridized carbons (Fsp3) is 0.562. The summed E-state index contributed by atoms with van der Waals surface area (Å²) in [5.41, 5.74) is -0.674. The Kier molecular flexibility index (Phi) is 5.97. The van der Waals surface area contributed by atoms with Gasteiger partial charge in [0.15, 0.2) is 0 Å². The lowest BCUT2D eigenvalue weighted by molar-refractivity contribution is -0.137. The molecule has 2 rings (SSSR count). The van der Waals surface area contributed by atoms with Crippen LogP contribution in [0.2, 0.25) is 0 Å². The van der Waals surface area contributed by atoms with Crippen molar-refractivity contribution in [3.05, 3.63) is 35.4 Å². The zero-order valence-corrected chi connectivity index (χ0v) is 14.1. The van der Waals surface area contributed by atoms with E-state index in [2.05, 4.69) is 0 Å². The molecule has 0 radical (unpaired) electrons. The normalized spacial score (nSPS) is 19.7. The molecular formula is C16H21F3N2OS. The van der Waals surface area contributed by atoms with Gasteiger partial charge in [0.2, 0.25) is 0 Å². The number of alkyl halides is 3. The van der Waals surface area contributed by atoms with Gasteiger partial charge < -0.3 is 9.80 Å². The molecule has 1 saturated heterocycles. The summed E-state index contributed by atoms with van der Waals surface area (Å²) in [6.07, 6.45) is -3.58. The fourth-order valence-electron chi connectivity index (χ4n) is 2.66. The molecule has 1 aromatic rings. The highest BCUT2D eigenvalue weighted by molar-refractivity contribution is 7.99. The monoisotopic (exact) mass is 346 g/mol. The van der Waals surface area contributed by atoms with Crippen LogP contribution in [-0.2, 0) is 6.18 Å². The average Bonchev–Trinajstić information content (AvgIpc) is 2.70. The number of benzene rings is 1. The minimum atomic E-state index is -4.44. The fourth-order valence-corrected chi connectivity index (χ4v) is 3.72. The van der Waals surface area contributed by atoms with Gasteiger partial charge in [0, 0.05) is 24.4 Å². The molecule has 0 aliphatic carbocycles. The van der Waals surface area contributed by atoms with Gasteiger partial charge in [-0.1, -0.05) is 6.07 Å². The molecule has 0 saturated carbocycles. The smallest absolute Gasteiger partial charge is 0.334 e. The third kappa shape index (κ3) is 4.88. The number of rotatable bonds is 3. The standard InChI is InChI=1S/C16H21F3N2OS/c1-20(2)10-14-11-23-8-4-7-21(14)15(22)12-5-3-6-13(9-12)16(17,18)19/h3,5-6,9,14H,4,7-8,10-11H2,1-2H3/t14-/m0/s1. The lowest BCUT2D eigenvalue weighted by Crippen LogP contribution is -2.46. The second kappa shape index (κ2) is 7.57. The van der Waals surface area contributed by atoms with Crippen molar-refractivity contribution in [1.82, 2.24) is 9.80 Å². The van der Waals surface area contributed by atoms with E-state index in [1.54, 1.807) is 16.7 Å². The molecule has 1 heterocycles. The summed E-state index contributed by atoms with van der Waals surface area (Å²) >= 11 is 1.79. The van der Waals surface area contributed by atoms with Crippen molar-refractivity contribution in [2.24, 2.45) is 0 Å². The number of nitrogens with zero attached hydrogens (tertiary/aromatic N) is 2. The van der Waals surface area contributed by atoms with E-state index in [4.69, 9.17) is 0 Å². The van der Waals surface area contributed by atoms with Crippen LogP contribution in [0.3, 0.4) is 0 Å². The minimum absolute atomic E-state index is 0.0135. The SMILES string of the molecule is CN(C)C[C@H]1CSCCCN1C(=O)c1cccc(C(F)(F)F)c1. The van der Waals surface area contributed by atoms with Crippen molar-refractivity contribution >= 4 is 17.7 Å². The third-order valence-electron chi connectivity index (χ3n) is 3.71. The third-order valence-corrected chi connectivity index (χ3v) is 4.91. The van der Waals surface area contributed by atoms with E-state index in [0.717, 1.165) is 30.1 Å². The number of thioether (sulfide) groups is 1. The Morgan fingerprint density at radius 1 is 1.39 bits per heavy atom. The van der Waals surface area contributed by atoms with Crippen molar-refractivity contribution in [1.29, 1.82) is 0 Å². The summed E-state index contributed by atoms with van der Waals surface area (Å²) in [7, 11) is 3.87. The highest BCUT2D eigenvalue weighted by atomic mass is 32.2. The molecule has 1 fully saturated rings. The maximum atomic E-state index is 12.9. The van der Waals surface area contributed by atoms with E-state index in [9.17, 15) is 18.0 Å². The van der Waals surface area contributed by atoms with Crippen LogP contribution in [0.1, 0.15) is 22.3 Å². The molecule has 128 valence electrons. The molecule has 1 aromatic carbocycles. The van der Waals surface area contributed by atoms with Crippen LogP contribution in [0.25, 0.3) is 0 Å². The van der Waals surface area contributed by atoms with E-state index in [-0.39, 0.29) is 17.5 Å². The molecule has 1 atom stereocenters. The van der Waals surface area contributed by atoms with E-state index >= 15 is 0 Å². The molecule has 1 amide bonds. The average molecular weight is 346 g/mol. The van der Waals surface area contributed by atoms with Crippen LogP contribution >= 0.6 is 11.8 Å². The van der Waals surface area contributed by atoms with Gasteiger partial charge in [0.1, 0.15) is 0 Å². The largest absolute Gasteiger partial charge is 0.416 e. The predicted octanol–water partition coefficient (Wildman–Crippen LogP) is 3.21. The second-order valence-corrected chi connectivity index (χ2v) is 7.07. The van der Waals surface area contributed by atoms with Crippen molar-refractivity contribution in [2.75, 3.05) is 38.7 Å². The number of carbonyl (C=O) groups excluding carboxylic acids is 1. The maximum Gasteiger partial charge on any atom is 0.416 e. The van der Waals surface area contributed by atoms with Crippen LogP contribution in [0.5, 0.6) is 0 Å². The van der Waals surface area contributed by atoms with Crippen LogP contribution in [0.4, 0.5) is 13.2 Å². The van der Waals surface area contributed by atoms with Gasteiger partial charge in [-0.05, 0) is 44.5 Å². The number of halogens is 3. The molecule has 0 unspecified atom stereocenters. The van der Waals surface area contributed by atoms with Crippen molar-refractivity contribution in [2.45, 2.75) is 18.6 Å². The Labute approximate surface area is 138 Å². The molecule has 0 spiro atoms. The number of amides is 1. The molecule has 0 N–H and O–H groups in total. The van der Waals surface area contributed by atoms with Gasteiger partial charge in [-0.2, -0.15) is 24.9 Å². The first kappa shape index (κ1) is 18.1. The van der Waals surface area contributed by atoms with E-state index in [0.29, 0.717) is 13.1 Å².